The second-order valence-corrected chi connectivity index (χ2v) is 6.33. The minimum absolute atomic E-state index is 0.302. The van der Waals surface area contributed by atoms with Crippen molar-refractivity contribution in [2.24, 2.45) is 0 Å². The third-order valence-electron chi connectivity index (χ3n) is 4.71. The standard InChI is InChI=1S/C19H18N2O3/c1-19(17(22)20-15-8-4-5-9-16(15)24-19)18(23)21-11-10-13-6-2-3-7-14(13)12-21/h2-9H,10-12H2,1H3,(H,20,22). The van der Waals surface area contributed by atoms with Crippen molar-refractivity contribution >= 4 is 17.5 Å². The molecule has 2 amide bonds. The zero-order chi connectivity index (χ0) is 16.7. The van der Waals surface area contributed by atoms with Gasteiger partial charge in [0.2, 0.25) is 0 Å². The first-order chi connectivity index (χ1) is 11.6. The summed E-state index contributed by atoms with van der Waals surface area (Å²) in [6.07, 6.45) is 0.788. The Bertz CT molecular complexity index is 833. The number of anilines is 1. The maximum absolute atomic E-state index is 13.0. The molecule has 0 aliphatic carbocycles. The van der Waals surface area contributed by atoms with Gasteiger partial charge >= 0.3 is 0 Å². The second-order valence-electron chi connectivity index (χ2n) is 6.33. The van der Waals surface area contributed by atoms with Gasteiger partial charge in [-0.05, 0) is 36.6 Å². The molecule has 2 aliphatic rings. The predicted octanol–water partition coefficient (Wildman–Crippen LogP) is 2.36. The van der Waals surface area contributed by atoms with Crippen LogP contribution in [0.25, 0.3) is 0 Å². The molecule has 5 heteroatoms. The van der Waals surface area contributed by atoms with E-state index in [2.05, 4.69) is 11.4 Å². The normalized spacial score (nSPS) is 22.0. The molecular weight excluding hydrogens is 304 g/mol. The first-order valence-electron chi connectivity index (χ1n) is 8.03. The van der Waals surface area contributed by atoms with Crippen molar-refractivity contribution in [3.05, 3.63) is 59.7 Å². The van der Waals surface area contributed by atoms with Gasteiger partial charge in [-0.3, -0.25) is 9.59 Å². The van der Waals surface area contributed by atoms with E-state index in [1.165, 1.54) is 5.56 Å². The van der Waals surface area contributed by atoms with Crippen LogP contribution in [0.3, 0.4) is 0 Å². The van der Waals surface area contributed by atoms with Gasteiger partial charge in [-0.1, -0.05) is 36.4 Å². The van der Waals surface area contributed by atoms with E-state index in [1.54, 1.807) is 24.0 Å². The monoisotopic (exact) mass is 322 g/mol. The number of rotatable bonds is 1. The minimum atomic E-state index is -1.54. The molecule has 2 heterocycles. The van der Waals surface area contributed by atoms with Gasteiger partial charge in [-0.15, -0.1) is 0 Å². The molecule has 0 spiro atoms. The van der Waals surface area contributed by atoms with Gasteiger partial charge in [0.25, 0.3) is 17.4 Å². The van der Waals surface area contributed by atoms with Gasteiger partial charge in [0.05, 0.1) is 5.69 Å². The van der Waals surface area contributed by atoms with Crippen LogP contribution in [0.5, 0.6) is 5.75 Å². The van der Waals surface area contributed by atoms with Gasteiger partial charge in [0, 0.05) is 13.1 Å². The summed E-state index contributed by atoms with van der Waals surface area (Å²) in [4.78, 5) is 27.3. The molecule has 2 aliphatic heterocycles. The maximum Gasteiger partial charge on any atom is 0.278 e. The Hall–Kier alpha value is -2.82. The number of carbonyl (C=O) groups excluding carboxylic acids is 2. The van der Waals surface area contributed by atoms with Crippen LogP contribution >= 0.6 is 0 Å². The van der Waals surface area contributed by atoms with Crippen molar-refractivity contribution < 1.29 is 14.3 Å². The number of hydrogen-bond donors (Lipinski definition) is 1. The van der Waals surface area contributed by atoms with Crippen molar-refractivity contribution in [1.29, 1.82) is 0 Å². The Kier molecular flexibility index (Phi) is 3.30. The van der Waals surface area contributed by atoms with E-state index in [0.717, 1.165) is 12.0 Å². The van der Waals surface area contributed by atoms with Crippen LogP contribution in [0.1, 0.15) is 18.1 Å². The smallest absolute Gasteiger partial charge is 0.278 e. The van der Waals surface area contributed by atoms with Crippen LogP contribution in [-0.2, 0) is 22.6 Å². The Labute approximate surface area is 140 Å². The highest BCUT2D eigenvalue weighted by Crippen LogP contribution is 2.34. The highest BCUT2D eigenvalue weighted by atomic mass is 16.5. The van der Waals surface area contributed by atoms with Gasteiger partial charge in [-0.25, -0.2) is 0 Å². The maximum atomic E-state index is 13.0. The molecule has 24 heavy (non-hydrogen) atoms. The molecule has 0 fully saturated rings. The van der Waals surface area contributed by atoms with Gasteiger partial charge < -0.3 is 15.0 Å². The first-order valence-corrected chi connectivity index (χ1v) is 8.03. The molecule has 1 atom stereocenters. The zero-order valence-corrected chi connectivity index (χ0v) is 13.4. The number of nitrogens with zero attached hydrogens (tertiary/aromatic N) is 1. The number of benzene rings is 2. The third kappa shape index (κ3) is 2.24. The molecule has 0 saturated carbocycles. The largest absolute Gasteiger partial charge is 0.466 e. The van der Waals surface area contributed by atoms with Crippen LogP contribution in [0.15, 0.2) is 48.5 Å². The predicted molar refractivity (Wildman–Crippen MR) is 89.7 cm³/mol. The molecule has 0 saturated heterocycles. The fourth-order valence-electron chi connectivity index (χ4n) is 3.28. The summed E-state index contributed by atoms with van der Waals surface area (Å²) < 4.78 is 5.83. The van der Waals surface area contributed by atoms with Crippen LogP contribution in [0.2, 0.25) is 0 Å². The molecule has 2 aromatic rings. The number of hydrogen-bond acceptors (Lipinski definition) is 3. The van der Waals surface area contributed by atoms with Crippen molar-refractivity contribution in [1.82, 2.24) is 4.90 Å². The lowest BCUT2D eigenvalue weighted by molar-refractivity contribution is -0.155. The summed E-state index contributed by atoms with van der Waals surface area (Å²) in [5.41, 5.74) is 1.43. The Morgan fingerprint density at radius 2 is 1.83 bits per heavy atom. The lowest BCUT2D eigenvalue weighted by Gasteiger charge is -2.38. The number of fused-ring (bicyclic) bond motifs is 2. The summed E-state index contributed by atoms with van der Waals surface area (Å²) >= 11 is 0. The molecule has 2 aromatic carbocycles. The topological polar surface area (TPSA) is 58.6 Å². The van der Waals surface area contributed by atoms with Gasteiger partial charge in [-0.2, -0.15) is 0 Å². The lowest BCUT2D eigenvalue weighted by atomic mass is 9.96. The van der Waals surface area contributed by atoms with Crippen molar-refractivity contribution in [2.75, 3.05) is 11.9 Å². The van der Waals surface area contributed by atoms with E-state index in [0.29, 0.717) is 24.5 Å². The van der Waals surface area contributed by atoms with Crippen LogP contribution in [0.4, 0.5) is 5.69 Å². The van der Waals surface area contributed by atoms with Crippen molar-refractivity contribution in [3.63, 3.8) is 0 Å². The van der Waals surface area contributed by atoms with Crippen molar-refractivity contribution in [3.8, 4) is 5.75 Å². The summed E-state index contributed by atoms with van der Waals surface area (Å²) in [6.45, 7) is 2.63. The molecule has 122 valence electrons. The number of para-hydroxylation sites is 2. The highest BCUT2D eigenvalue weighted by Gasteiger charge is 2.49. The molecule has 1 unspecified atom stereocenters. The Balaban J connectivity index is 1.62. The number of carbonyl (C=O) groups is 2. The average molecular weight is 322 g/mol. The van der Waals surface area contributed by atoms with Gasteiger partial charge in [0.1, 0.15) is 5.75 Å². The summed E-state index contributed by atoms with van der Waals surface area (Å²) in [5, 5.41) is 2.78. The van der Waals surface area contributed by atoms with Crippen LogP contribution in [0, 0.1) is 0 Å². The molecule has 0 aromatic heterocycles. The molecule has 0 bridgehead atoms. The fraction of sp³-hybridized carbons (Fsp3) is 0.263. The zero-order valence-electron chi connectivity index (χ0n) is 13.4. The average Bonchev–Trinajstić information content (AvgIpc) is 2.61. The molecule has 4 rings (SSSR count). The molecule has 5 nitrogen and oxygen atoms in total. The second kappa shape index (κ2) is 5.37. The quantitative estimate of drug-likeness (QED) is 0.820. The minimum Gasteiger partial charge on any atom is -0.466 e. The van der Waals surface area contributed by atoms with E-state index < -0.39 is 11.5 Å². The fourth-order valence-corrected chi connectivity index (χ4v) is 3.28. The van der Waals surface area contributed by atoms with Gasteiger partial charge in [0.15, 0.2) is 0 Å². The summed E-state index contributed by atoms with van der Waals surface area (Å²) in [6, 6.07) is 15.2. The SMILES string of the molecule is CC1(C(=O)N2CCc3ccccc3C2)Oc2ccccc2NC1=O. The van der Waals surface area contributed by atoms with E-state index in [1.807, 2.05) is 30.3 Å². The number of amides is 2. The van der Waals surface area contributed by atoms with E-state index >= 15 is 0 Å². The molecular formula is C19H18N2O3. The van der Waals surface area contributed by atoms with E-state index in [4.69, 9.17) is 4.74 Å². The lowest BCUT2D eigenvalue weighted by Crippen LogP contribution is -2.60. The molecule has 1 N–H and O–H groups in total. The molecule has 0 radical (unpaired) electrons. The highest BCUT2D eigenvalue weighted by molar-refractivity contribution is 6.15. The summed E-state index contributed by atoms with van der Waals surface area (Å²) in [7, 11) is 0. The first kappa shape index (κ1) is 14.8. The summed E-state index contributed by atoms with van der Waals surface area (Å²) in [5.74, 6) is -0.209. The number of nitrogens with one attached hydrogen (secondary N) is 1. The Morgan fingerprint density at radius 3 is 2.67 bits per heavy atom. The van der Waals surface area contributed by atoms with E-state index in [-0.39, 0.29) is 5.91 Å². The number of ether oxygens (including phenoxy) is 1. The third-order valence-corrected chi connectivity index (χ3v) is 4.71. The van der Waals surface area contributed by atoms with Crippen LogP contribution < -0.4 is 10.1 Å². The van der Waals surface area contributed by atoms with E-state index in [9.17, 15) is 9.59 Å². The van der Waals surface area contributed by atoms with Crippen LogP contribution in [-0.4, -0.2) is 28.9 Å². The Morgan fingerprint density at radius 1 is 1.12 bits per heavy atom. The van der Waals surface area contributed by atoms with Crippen molar-refractivity contribution in [2.45, 2.75) is 25.5 Å².